The topological polar surface area (TPSA) is 35.9 Å². The standard InChI is InChI=1S/C17H23N3O/c1-14(2)19-9-11-20(12-10-19)16-6-4-3-5-15(16)17(7-8-17)18-13-21/h3-6,14H,7-12H2,1-2H3. The molecule has 1 aliphatic carbocycles. The van der Waals surface area contributed by atoms with Crippen LogP contribution in [0.25, 0.3) is 0 Å². The van der Waals surface area contributed by atoms with Gasteiger partial charge in [-0.3, -0.25) is 4.90 Å². The normalized spacial score (nSPS) is 21.2. The van der Waals surface area contributed by atoms with Crippen molar-refractivity contribution in [3.05, 3.63) is 29.8 Å². The second-order valence-electron chi connectivity index (χ2n) is 6.37. The molecule has 4 heteroatoms. The molecule has 2 fully saturated rings. The van der Waals surface area contributed by atoms with Crippen LogP contribution in [0.15, 0.2) is 29.3 Å². The smallest absolute Gasteiger partial charge is 0.235 e. The first kappa shape index (κ1) is 14.3. The van der Waals surface area contributed by atoms with E-state index >= 15 is 0 Å². The number of rotatable bonds is 4. The Bertz CT molecular complexity index is 551. The largest absolute Gasteiger partial charge is 0.369 e. The summed E-state index contributed by atoms with van der Waals surface area (Å²) >= 11 is 0. The highest BCUT2D eigenvalue weighted by Crippen LogP contribution is 2.52. The Labute approximate surface area is 126 Å². The van der Waals surface area contributed by atoms with Crippen LogP contribution in [0.4, 0.5) is 5.69 Å². The van der Waals surface area contributed by atoms with Crippen LogP contribution in [-0.4, -0.2) is 43.2 Å². The van der Waals surface area contributed by atoms with E-state index in [-0.39, 0.29) is 5.54 Å². The molecule has 1 aromatic carbocycles. The quantitative estimate of drug-likeness (QED) is 0.630. The Morgan fingerprint density at radius 2 is 1.81 bits per heavy atom. The number of carbonyl (C=O) groups excluding carboxylic acids is 1. The van der Waals surface area contributed by atoms with E-state index in [1.165, 1.54) is 11.3 Å². The molecular weight excluding hydrogens is 262 g/mol. The zero-order chi connectivity index (χ0) is 14.9. The Morgan fingerprint density at radius 3 is 2.38 bits per heavy atom. The predicted molar refractivity (Wildman–Crippen MR) is 84.4 cm³/mol. The fourth-order valence-corrected chi connectivity index (χ4v) is 3.27. The molecule has 2 aliphatic rings. The van der Waals surface area contributed by atoms with Crippen molar-refractivity contribution in [1.82, 2.24) is 4.90 Å². The molecule has 1 heterocycles. The summed E-state index contributed by atoms with van der Waals surface area (Å²) in [6.07, 6.45) is 3.70. The van der Waals surface area contributed by atoms with Crippen molar-refractivity contribution in [2.24, 2.45) is 4.99 Å². The van der Waals surface area contributed by atoms with Gasteiger partial charge in [0.15, 0.2) is 0 Å². The molecule has 3 rings (SSSR count). The maximum absolute atomic E-state index is 10.7. The van der Waals surface area contributed by atoms with Gasteiger partial charge < -0.3 is 4.90 Å². The van der Waals surface area contributed by atoms with E-state index in [9.17, 15) is 4.79 Å². The van der Waals surface area contributed by atoms with E-state index in [1.807, 2.05) is 6.07 Å². The van der Waals surface area contributed by atoms with Crippen LogP contribution in [-0.2, 0) is 10.3 Å². The number of para-hydroxylation sites is 1. The summed E-state index contributed by atoms with van der Waals surface area (Å²) in [5.74, 6) is 0. The van der Waals surface area contributed by atoms with Crippen molar-refractivity contribution < 1.29 is 4.79 Å². The third-order valence-electron chi connectivity index (χ3n) is 4.77. The van der Waals surface area contributed by atoms with Gasteiger partial charge in [0, 0.05) is 43.5 Å². The molecule has 1 aliphatic heterocycles. The molecule has 0 bridgehead atoms. The molecular formula is C17H23N3O. The van der Waals surface area contributed by atoms with Gasteiger partial charge in [0.25, 0.3) is 0 Å². The first-order chi connectivity index (χ1) is 10.2. The van der Waals surface area contributed by atoms with Crippen molar-refractivity contribution in [2.45, 2.75) is 38.3 Å². The fraction of sp³-hybridized carbons (Fsp3) is 0.588. The third-order valence-corrected chi connectivity index (χ3v) is 4.77. The predicted octanol–water partition coefficient (Wildman–Crippen LogP) is 2.54. The van der Waals surface area contributed by atoms with Gasteiger partial charge in [-0.2, -0.15) is 4.99 Å². The second kappa shape index (κ2) is 5.63. The third kappa shape index (κ3) is 2.74. The highest BCUT2D eigenvalue weighted by Gasteiger charge is 2.46. The van der Waals surface area contributed by atoms with Crippen LogP contribution in [0.1, 0.15) is 32.3 Å². The van der Waals surface area contributed by atoms with Crippen molar-refractivity contribution in [2.75, 3.05) is 31.1 Å². The Balaban J connectivity index is 1.83. The minimum absolute atomic E-state index is 0.284. The zero-order valence-corrected chi connectivity index (χ0v) is 12.9. The number of anilines is 1. The van der Waals surface area contributed by atoms with Crippen LogP contribution < -0.4 is 4.90 Å². The lowest BCUT2D eigenvalue weighted by atomic mass is 10.0. The Morgan fingerprint density at radius 1 is 1.14 bits per heavy atom. The molecule has 0 unspecified atom stereocenters. The molecule has 0 amide bonds. The number of piperazine rings is 1. The van der Waals surface area contributed by atoms with Gasteiger partial charge in [-0.1, -0.05) is 18.2 Å². The number of isocyanates is 1. The minimum atomic E-state index is -0.284. The maximum Gasteiger partial charge on any atom is 0.235 e. The first-order valence-electron chi connectivity index (χ1n) is 7.84. The first-order valence-corrected chi connectivity index (χ1v) is 7.84. The molecule has 1 aromatic rings. The van der Waals surface area contributed by atoms with Crippen molar-refractivity contribution >= 4 is 11.8 Å². The summed E-state index contributed by atoms with van der Waals surface area (Å²) in [7, 11) is 0. The van der Waals surface area contributed by atoms with Crippen LogP contribution in [0.2, 0.25) is 0 Å². The van der Waals surface area contributed by atoms with Gasteiger partial charge >= 0.3 is 0 Å². The molecule has 0 aromatic heterocycles. The lowest BCUT2D eigenvalue weighted by molar-refractivity contribution is 0.209. The maximum atomic E-state index is 10.7. The molecule has 1 saturated carbocycles. The summed E-state index contributed by atoms with van der Waals surface area (Å²) in [6.45, 7) is 8.77. The van der Waals surface area contributed by atoms with Gasteiger partial charge in [-0.25, -0.2) is 4.79 Å². The van der Waals surface area contributed by atoms with Crippen molar-refractivity contribution in [1.29, 1.82) is 0 Å². The van der Waals surface area contributed by atoms with E-state index < -0.39 is 0 Å². The number of hydrogen-bond donors (Lipinski definition) is 0. The summed E-state index contributed by atoms with van der Waals surface area (Å²) in [5.41, 5.74) is 2.16. The monoisotopic (exact) mass is 285 g/mol. The number of aliphatic imine (C=N–C) groups is 1. The van der Waals surface area contributed by atoms with Crippen LogP contribution >= 0.6 is 0 Å². The van der Waals surface area contributed by atoms with E-state index in [0.29, 0.717) is 6.04 Å². The summed E-state index contributed by atoms with van der Waals surface area (Å²) < 4.78 is 0. The molecule has 0 N–H and O–H groups in total. The van der Waals surface area contributed by atoms with Gasteiger partial charge in [-0.05, 0) is 32.8 Å². The highest BCUT2D eigenvalue weighted by molar-refractivity contribution is 5.60. The summed E-state index contributed by atoms with van der Waals surface area (Å²) in [6, 6.07) is 9.02. The Kier molecular flexibility index (Phi) is 3.83. The molecule has 1 saturated heterocycles. The van der Waals surface area contributed by atoms with Gasteiger partial charge in [0.1, 0.15) is 5.54 Å². The minimum Gasteiger partial charge on any atom is -0.369 e. The summed E-state index contributed by atoms with van der Waals surface area (Å²) in [4.78, 5) is 19.8. The van der Waals surface area contributed by atoms with Crippen molar-refractivity contribution in [3.8, 4) is 0 Å². The molecule has 4 nitrogen and oxygen atoms in total. The second-order valence-corrected chi connectivity index (χ2v) is 6.37. The SMILES string of the molecule is CC(C)N1CCN(c2ccccc2C2(N=C=O)CC2)CC1. The molecule has 21 heavy (non-hydrogen) atoms. The lowest BCUT2D eigenvalue weighted by Crippen LogP contribution is -2.49. The van der Waals surface area contributed by atoms with E-state index in [4.69, 9.17) is 0 Å². The molecule has 0 spiro atoms. The van der Waals surface area contributed by atoms with Crippen molar-refractivity contribution in [3.63, 3.8) is 0 Å². The van der Waals surface area contributed by atoms with Gasteiger partial charge in [0.2, 0.25) is 6.08 Å². The van der Waals surface area contributed by atoms with Crippen LogP contribution in [0, 0.1) is 0 Å². The van der Waals surface area contributed by atoms with Crippen LogP contribution in [0.5, 0.6) is 0 Å². The zero-order valence-electron chi connectivity index (χ0n) is 12.9. The molecule has 112 valence electrons. The van der Waals surface area contributed by atoms with E-state index in [1.54, 1.807) is 6.08 Å². The molecule has 0 radical (unpaired) electrons. The van der Waals surface area contributed by atoms with E-state index in [2.05, 4.69) is 46.8 Å². The highest BCUT2D eigenvalue weighted by atomic mass is 16.1. The fourth-order valence-electron chi connectivity index (χ4n) is 3.27. The van der Waals surface area contributed by atoms with Crippen LogP contribution in [0.3, 0.4) is 0 Å². The number of nitrogens with zero attached hydrogens (tertiary/aromatic N) is 3. The van der Waals surface area contributed by atoms with Gasteiger partial charge in [0.05, 0.1) is 0 Å². The molecule has 0 atom stereocenters. The number of hydrogen-bond acceptors (Lipinski definition) is 4. The van der Waals surface area contributed by atoms with Gasteiger partial charge in [-0.15, -0.1) is 0 Å². The number of benzene rings is 1. The average Bonchev–Trinajstić information content (AvgIpc) is 3.29. The Hall–Kier alpha value is -1.64. The van der Waals surface area contributed by atoms with E-state index in [0.717, 1.165) is 39.0 Å². The lowest BCUT2D eigenvalue weighted by Gasteiger charge is -2.39. The summed E-state index contributed by atoms with van der Waals surface area (Å²) in [5, 5.41) is 0. The average molecular weight is 285 g/mol.